The highest BCUT2D eigenvalue weighted by Crippen LogP contribution is 2.31. The Morgan fingerprint density at radius 1 is 1.07 bits per heavy atom. The van der Waals surface area contributed by atoms with Crippen LogP contribution in [0.25, 0.3) is 0 Å². The quantitative estimate of drug-likeness (QED) is 0.432. The van der Waals surface area contributed by atoms with Crippen LogP contribution in [0.1, 0.15) is 63.2 Å². The lowest BCUT2D eigenvalue weighted by Gasteiger charge is -2.36. The van der Waals surface area contributed by atoms with Gasteiger partial charge in [0.05, 0.1) is 35.3 Å². The number of hydrogen-bond donors (Lipinski definition) is 2. The SMILES string of the molecule is C[C@@H]1CCCCO[C@H](CN(C)CC2CC2)[C@H](C)CN([C@@H](C)CO)C(=O)c2cc(NS(=O)(=O)c3ccccc3)ccc2O1. The third-order valence-electron chi connectivity index (χ3n) is 8.12. The van der Waals surface area contributed by atoms with Crippen LogP contribution in [0.3, 0.4) is 0 Å². The van der Waals surface area contributed by atoms with Crippen molar-refractivity contribution in [2.24, 2.45) is 11.8 Å². The zero-order valence-corrected chi connectivity index (χ0v) is 26.2. The van der Waals surface area contributed by atoms with E-state index < -0.39 is 16.1 Å². The number of fused-ring (bicyclic) bond motifs is 1. The number of carbonyl (C=O) groups is 1. The van der Waals surface area contributed by atoms with Crippen molar-refractivity contribution in [2.75, 3.05) is 44.6 Å². The summed E-state index contributed by atoms with van der Waals surface area (Å²) in [6, 6.07) is 12.4. The van der Waals surface area contributed by atoms with E-state index in [2.05, 4.69) is 23.6 Å². The van der Waals surface area contributed by atoms with Gasteiger partial charge in [-0.05, 0) is 89.2 Å². The summed E-state index contributed by atoms with van der Waals surface area (Å²) in [4.78, 5) is 18.4. The van der Waals surface area contributed by atoms with Crippen LogP contribution < -0.4 is 9.46 Å². The molecule has 42 heavy (non-hydrogen) atoms. The van der Waals surface area contributed by atoms with Crippen molar-refractivity contribution in [3.63, 3.8) is 0 Å². The highest BCUT2D eigenvalue weighted by atomic mass is 32.2. The molecule has 0 aromatic heterocycles. The molecule has 232 valence electrons. The van der Waals surface area contributed by atoms with E-state index >= 15 is 0 Å². The number of aliphatic hydroxyl groups excluding tert-OH is 1. The fourth-order valence-corrected chi connectivity index (χ4v) is 6.46. The predicted molar refractivity (Wildman–Crippen MR) is 164 cm³/mol. The van der Waals surface area contributed by atoms with Crippen LogP contribution in [0.4, 0.5) is 5.69 Å². The van der Waals surface area contributed by atoms with E-state index in [1.54, 1.807) is 35.2 Å². The molecule has 2 aromatic carbocycles. The molecular weight excluding hydrogens is 554 g/mol. The molecule has 4 rings (SSSR count). The van der Waals surface area contributed by atoms with Crippen LogP contribution in [0.15, 0.2) is 53.4 Å². The number of amides is 1. The summed E-state index contributed by atoms with van der Waals surface area (Å²) >= 11 is 0. The van der Waals surface area contributed by atoms with Gasteiger partial charge in [0.2, 0.25) is 0 Å². The minimum atomic E-state index is -3.86. The molecule has 1 saturated carbocycles. The molecule has 1 aliphatic carbocycles. The number of carbonyl (C=O) groups excluding carboxylic acids is 1. The first-order valence-electron chi connectivity index (χ1n) is 15.2. The standard InChI is InChI=1S/C32H47N3O6S/c1-23-19-35(24(2)22-36)32(37)29-18-27(33-42(38,39)28-11-6-5-7-12-28)15-16-30(29)41-25(3)10-8-9-17-40-31(23)21-34(4)20-26-13-14-26/h5-7,11-12,15-16,18,23-26,31,33,36H,8-10,13-14,17,19-22H2,1-4H3/t23-,24+,25-,31-/m1/s1. The maximum Gasteiger partial charge on any atom is 0.261 e. The largest absolute Gasteiger partial charge is 0.490 e. The van der Waals surface area contributed by atoms with Gasteiger partial charge in [0, 0.05) is 37.8 Å². The Morgan fingerprint density at radius 2 is 1.81 bits per heavy atom. The molecule has 1 amide bonds. The van der Waals surface area contributed by atoms with Gasteiger partial charge in [-0.15, -0.1) is 0 Å². The maximum absolute atomic E-state index is 14.2. The number of rotatable bonds is 9. The Bertz CT molecular complexity index is 1270. The van der Waals surface area contributed by atoms with E-state index in [0.29, 0.717) is 18.9 Å². The molecule has 0 bridgehead atoms. The fourth-order valence-electron chi connectivity index (χ4n) is 5.39. The van der Waals surface area contributed by atoms with Crippen LogP contribution in [0.2, 0.25) is 0 Å². The van der Waals surface area contributed by atoms with Crippen molar-refractivity contribution < 1.29 is 27.8 Å². The average molecular weight is 602 g/mol. The predicted octanol–water partition coefficient (Wildman–Crippen LogP) is 4.62. The van der Waals surface area contributed by atoms with Gasteiger partial charge in [-0.3, -0.25) is 9.52 Å². The molecule has 1 heterocycles. The van der Waals surface area contributed by atoms with Crippen molar-refractivity contribution >= 4 is 21.6 Å². The second kappa shape index (κ2) is 14.7. The summed E-state index contributed by atoms with van der Waals surface area (Å²) in [6.07, 6.45) is 4.95. The zero-order valence-electron chi connectivity index (χ0n) is 25.4. The summed E-state index contributed by atoms with van der Waals surface area (Å²) in [5.41, 5.74) is 0.513. The first-order chi connectivity index (χ1) is 20.1. The lowest BCUT2D eigenvalue weighted by Crippen LogP contribution is -2.47. The van der Waals surface area contributed by atoms with Gasteiger partial charge >= 0.3 is 0 Å². The first-order valence-corrected chi connectivity index (χ1v) is 16.7. The topological polar surface area (TPSA) is 108 Å². The normalized spacial score (nSPS) is 23.5. The number of nitrogens with one attached hydrogen (secondary N) is 1. The molecule has 2 N–H and O–H groups in total. The third kappa shape index (κ3) is 8.92. The summed E-state index contributed by atoms with van der Waals surface area (Å²) in [6.45, 7) is 8.50. The molecule has 0 saturated heterocycles. The van der Waals surface area contributed by atoms with Crippen molar-refractivity contribution in [2.45, 2.75) is 76.0 Å². The maximum atomic E-state index is 14.2. The van der Waals surface area contributed by atoms with E-state index in [0.717, 1.165) is 38.3 Å². The van der Waals surface area contributed by atoms with E-state index in [-0.39, 0.29) is 46.8 Å². The van der Waals surface area contributed by atoms with E-state index in [4.69, 9.17) is 9.47 Å². The Balaban J connectivity index is 1.65. The van der Waals surface area contributed by atoms with Crippen LogP contribution in [-0.2, 0) is 14.8 Å². The highest BCUT2D eigenvalue weighted by Gasteiger charge is 2.31. The van der Waals surface area contributed by atoms with Gasteiger partial charge in [0.1, 0.15) is 5.75 Å². The molecule has 9 nitrogen and oxygen atoms in total. The molecule has 1 fully saturated rings. The number of hydrogen-bond acceptors (Lipinski definition) is 7. The molecular formula is C32H47N3O6S. The van der Waals surface area contributed by atoms with E-state index in [1.807, 2.05) is 13.8 Å². The number of sulfonamides is 1. The van der Waals surface area contributed by atoms with Crippen LogP contribution in [0, 0.1) is 11.8 Å². The Hall–Kier alpha value is -2.66. The summed E-state index contributed by atoms with van der Waals surface area (Å²) in [5.74, 6) is 0.832. The van der Waals surface area contributed by atoms with Gasteiger partial charge in [0.25, 0.3) is 15.9 Å². The minimum absolute atomic E-state index is 0.00407. The highest BCUT2D eigenvalue weighted by molar-refractivity contribution is 7.92. The van der Waals surface area contributed by atoms with E-state index in [9.17, 15) is 18.3 Å². The molecule has 10 heteroatoms. The van der Waals surface area contributed by atoms with Crippen LogP contribution in [0.5, 0.6) is 5.75 Å². The number of aliphatic hydroxyl groups is 1. The Labute approximate surface area is 251 Å². The van der Waals surface area contributed by atoms with Crippen molar-refractivity contribution in [1.82, 2.24) is 9.80 Å². The second-order valence-corrected chi connectivity index (χ2v) is 13.8. The molecule has 2 aliphatic rings. The van der Waals surface area contributed by atoms with E-state index in [1.165, 1.54) is 31.0 Å². The number of ether oxygens (including phenoxy) is 2. The van der Waals surface area contributed by atoms with Gasteiger partial charge in [-0.2, -0.15) is 0 Å². The molecule has 1 aliphatic heterocycles. The van der Waals surface area contributed by atoms with Gasteiger partial charge in [-0.1, -0.05) is 25.1 Å². The van der Waals surface area contributed by atoms with Crippen molar-refractivity contribution in [3.8, 4) is 5.75 Å². The number of likely N-dealkylation sites (N-methyl/N-ethyl adjacent to an activating group) is 1. The lowest BCUT2D eigenvalue weighted by molar-refractivity contribution is -0.0172. The second-order valence-electron chi connectivity index (χ2n) is 12.1. The molecule has 2 aromatic rings. The molecule has 4 atom stereocenters. The molecule has 0 spiro atoms. The van der Waals surface area contributed by atoms with Gasteiger partial charge < -0.3 is 24.4 Å². The van der Waals surface area contributed by atoms with Gasteiger partial charge in [0.15, 0.2) is 0 Å². The summed E-state index contributed by atoms with van der Waals surface area (Å²) in [7, 11) is -1.73. The third-order valence-corrected chi connectivity index (χ3v) is 9.51. The number of nitrogens with zero attached hydrogens (tertiary/aromatic N) is 2. The monoisotopic (exact) mass is 601 g/mol. The molecule has 0 radical (unpaired) electrons. The zero-order chi connectivity index (χ0) is 30.3. The van der Waals surface area contributed by atoms with Crippen LogP contribution in [-0.4, -0.2) is 87.4 Å². The summed E-state index contributed by atoms with van der Waals surface area (Å²) < 4.78 is 41.4. The fraction of sp³-hybridized carbons (Fsp3) is 0.594. The summed E-state index contributed by atoms with van der Waals surface area (Å²) in [5, 5.41) is 10.1. The first kappa shape index (κ1) is 32.3. The van der Waals surface area contributed by atoms with Crippen molar-refractivity contribution in [3.05, 3.63) is 54.1 Å². The number of anilines is 1. The molecule has 0 unspecified atom stereocenters. The minimum Gasteiger partial charge on any atom is -0.490 e. The van der Waals surface area contributed by atoms with Crippen LogP contribution >= 0.6 is 0 Å². The lowest BCUT2D eigenvalue weighted by atomic mass is 10.0. The van der Waals surface area contributed by atoms with Gasteiger partial charge in [-0.25, -0.2) is 8.42 Å². The van der Waals surface area contributed by atoms with Crippen molar-refractivity contribution in [1.29, 1.82) is 0 Å². The average Bonchev–Trinajstić information content (AvgIpc) is 3.78. The Morgan fingerprint density at radius 3 is 2.50 bits per heavy atom. The smallest absolute Gasteiger partial charge is 0.261 e. The Kier molecular flexibility index (Phi) is 11.3. The number of benzene rings is 2.